The Balaban J connectivity index is 0.00000132. The van der Waals surface area contributed by atoms with Gasteiger partial charge in [0.25, 0.3) is 0 Å². The van der Waals surface area contributed by atoms with Crippen molar-refractivity contribution in [1.29, 1.82) is 0 Å². The molecular formula is C18H15ClN2. The zero-order chi connectivity index (χ0) is 13.7. The number of hydrogen-bond acceptors (Lipinski definition) is 2. The van der Waals surface area contributed by atoms with Gasteiger partial charge in [-0.2, -0.15) is 0 Å². The molecule has 2 nitrogen and oxygen atoms in total. The molecule has 0 fully saturated rings. The van der Waals surface area contributed by atoms with Gasteiger partial charge in [0.2, 0.25) is 0 Å². The van der Waals surface area contributed by atoms with Gasteiger partial charge >= 0.3 is 0 Å². The van der Waals surface area contributed by atoms with Crippen molar-refractivity contribution in [3.8, 4) is 0 Å². The minimum absolute atomic E-state index is 0. The molecular weight excluding hydrogens is 280 g/mol. The maximum Gasteiger partial charge on any atom is 0.0627 e. The summed E-state index contributed by atoms with van der Waals surface area (Å²) < 4.78 is 0. The lowest BCUT2D eigenvalue weighted by Crippen LogP contribution is -1.95. The third-order valence-corrected chi connectivity index (χ3v) is 3.92. The summed E-state index contributed by atoms with van der Waals surface area (Å²) in [6.07, 6.45) is 0. The van der Waals surface area contributed by atoms with Crippen molar-refractivity contribution in [3.63, 3.8) is 0 Å². The number of halogens is 1. The molecule has 0 aromatic heterocycles. The lowest BCUT2D eigenvalue weighted by atomic mass is 9.98. The Kier molecular flexibility index (Phi) is 3.11. The van der Waals surface area contributed by atoms with Crippen LogP contribution in [0, 0.1) is 0 Å². The van der Waals surface area contributed by atoms with Crippen molar-refractivity contribution in [2.24, 2.45) is 0 Å². The number of anilines is 2. The molecule has 21 heavy (non-hydrogen) atoms. The van der Waals surface area contributed by atoms with Crippen LogP contribution in [0.25, 0.3) is 32.3 Å². The Labute approximate surface area is 128 Å². The lowest BCUT2D eigenvalue weighted by molar-refractivity contribution is 1.72. The quantitative estimate of drug-likeness (QED) is 0.364. The molecule has 104 valence electrons. The summed E-state index contributed by atoms with van der Waals surface area (Å²) in [5, 5.41) is 7.05. The van der Waals surface area contributed by atoms with Crippen molar-refractivity contribution in [2.45, 2.75) is 0 Å². The predicted octanol–water partition coefficient (Wildman–Crippen LogP) is 4.73. The van der Waals surface area contributed by atoms with Gasteiger partial charge in [-0.25, -0.2) is 0 Å². The SMILES string of the molecule is Cl.Nc1ccc2cc3cc4ccccc4cc3cc2c1N. The normalized spacial score (nSPS) is 10.9. The minimum Gasteiger partial charge on any atom is -0.397 e. The molecule has 0 radical (unpaired) electrons. The van der Waals surface area contributed by atoms with Gasteiger partial charge in [0.15, 0.2) is 0 Å². The van der Waals surface area contributed by atoms with E-state index >= 15 is 0 Å². The van der Waals surface area contributed by atoms with Gasteiger partial charge in [-0.1, -0.05) is 30.3 Å². The molecule has 0 bridgehead atoms. The van der Waals surface area contributed by atoms with E-state index in [1.165, 1.54) is 21.5 Å². The Morgan fingerprint density at radius 1 is 0.571 bits per heavy atom. The molecule has 4 aromatic carbocycles. The average Bonchev–Trinajstić information content (AvgIpc) is 2.47. The lowest BCUT2D eigenvalue weighted by Gasteiger charge is -2.08. The molecule has 0 amide bonds. The summed E-state index contributed by atoms with van der Waals surface area (Å²) in [5.74, 6) is 0. The van der Waals surface area contributed by atoms with Crippen molar-refractivity contribution in [1.82, 2.24) is 0 Å². The van der Waals surface area contributed by atoms with Crippen molar-refractivity contribution in [3.05, 3.63) is 60.7 Å². The zero-order valence-electron chi connectivity index (χ0n) is 11.3. The van der Waals surface area contributed by atoms with E-state index in [1.807, 2.05) is 12.1 Å². The standard InChI is InChI=1S/C18H14N2.ClH/c19-17-6-5-13-9-14-7-11-3-1-2-4-12(11)8-15(14)10-16(13)18(17)20;/h1-10H,19-20H2;1H. The molecule has 0 saturated carbocycles. The number of rotatable bonds is 0. The van der Waals surface area contributed by atoms with E-state index in [9.17, 15) is 0 Å². The van der Waals surface area contributed by atoms with Gasteiger partial charge in [0.05, 0.1) is 11.4 Å². The van der Waals surface area contributed by atoms with Gasteiger partial charge in [0.1, 0.15) is 0 Å². The van der Waals surface area contributed by atoms with Crippen LogP contribution in [0.3, 0.4) is 0 Å². The van der Waals surface area contributed by atoms with Gasteiger partial charge in [-0.3, -0.25) is 0 Å². The monoisotopic (exact) mass is 294 g/mol. The molecule has 0 spiro atoms. The highest BCUT2D eigenvalue weighted by Gasteiger charge is 2.05. The van der Waals surface area contributed by atoms with E-state index < -0.39 is 0 Å². The smallest absolute Gasteiger partial charge is 0.0627 e. The van der Waals surface area contributed by atoms with Gasteiger partial charge in [-0.15, -0.1) is 12.4 Å². The second-order valence-electron chi connectivity index (χ2n) is 5.19. The first-order chi connectivity index (χ1) is 9.72. The van der Waals surface area contributed by atoms with Gasteiger partial charge in [-0.05, 0) is 57.3 Å². The second kappa shape index (κ2) is 4.83. The van der Waals surface area contributed by atoms with Gasteiger partial charge in [0, 0.05) is 5.39 Å². The molecule has 0 heterocycles. The summed E-state index contributed by atoms with van der Waals surface area (Å²) in [7, 11) is 0. The summed E-state index contributed by atoms with van der Waals surface area (Å²) in [6, 6.07) is 21.0. The van der Waals surface area contributed by atoms with E-state index in [2.05, 4.69) is 48.5 Å². The van der Waals surface area contributed by atoms with Crippen molar-refractivity contribution >= 4 is 56.1 Å². The topological polar surface area (TPSA) is 52.0 Å². The van der Waals surface area contributed by atoms with Crippen LogP contribution >= 0.6 is 12.4 Å². The molecule has 0 aliphatic carbocycles. The zero-order valence-corrected chi connectivity index (χ0v) is 12.2. The molecule has 0 unspecified atom stereocenters. The highest BCUT2D eigenvalue weighted by Crippen LogP contribution is 2.32. The fraction of sp³-hybridized carbons (Fsp3) is 0. The molecule has 4 N–H and O–H groups in total. The third-order valence-electron chi connectivity index (χ3n) is 3.92. The Bertz CT molecular complexity index is 977. The van der Waals surface area contributed by atoms with E-state index in [-0.39, 0.29) is 12.4 Å². The number of nitrogens with two attached hydrogens (primary N) is 2. The summed E-state index contributed by atoms with van der Waals surface area (Å²) in [6.45, 7) is 0. The molecule has 0 aliphatic heterocycles. The molecule has 4 aromatic rings. The second-order valence-corrected chi connectivity index (χ2v) is 5.19. The number of fused-ring (bicyclic) bond motifs is 3. The van der Waals surface area contributed by atoms with Crippen LogP contribution in [0.5, 0.6) is 0 Å². The summed E-state index contributed by atoms with van der Waals surface area (Å²) in [5.41, 5.74) is 13.3. The highest BCUT2D eigenvalue weighted by atomic mass is 35.5. The van der Waals surface area contributed by atoms with Crippen LogP contribution in [0.2, 0.25) is 0 Å². The van der Waals surface area contributed by atoms with Crippen LogP contribution in [0.1, 0.15) is 0 Å². The first-order valence-corrected chi connectivity index (χ1v) is 6.62. The van der Waals surface area contributed by atoms with E-state index in [0.717, 1.165) is 10.8 Å². The fourth-order valence-electron chi connectivity index (χ4n) is 2.81. The maximum atomic E-state index is 6.10. The number of nitrogen functional groups attached to an aromatic ring is 2. The summed E-state index contributed by atoms with van der Waals surface area (Å²) in [4.78, 5) is 0. The van der Waals surface area contributed by atoms with Crippen molar-refractivity contribution in [2.75, 3.05) is 11.5 Å². The predicted molar refractivity (Wildman–Crippen MR) is 95.0 cm³/mol. The van der Waals surface area contributed by atoms with E-state index in [1.54, 1.807) is 0 Å². The average molecular weight is 295 g/mol. The largest absolute Gasteiger partial charge is 0.397 e. The summed E-state index contributed by atoms with van der Waals surface area (Å²) >= 11 is 0. The van der Waals surface area contributed by atoms with Crippen LogP contribution in [0.4, 0.5) is 11.4 Å². The Morgan fingerprint density at radius 3 is 1.81 bits per heavy atom. The molecule has 3 heteroatoms. The van der Waals surface area contributed by atoms with Crippen LogP contribution in [0.15, 0.2) is 60.7 Å². The minimum atomic E-state index is 0. The first-order valence-electron chi connectivity index (χ1n) is 6.62. The van der Waals surface area contributed by atoms with Crippen LogP contribution < -0.4 is 11.5 Å². The van der Waals surface area contributed by atoms with Gasteiger partial charge < -0.3 is 11.5 Å². The third kappa shape index (κ3) is 2.05. The highest BCUT2D eigenvalue weighted by molar-refractivity contribution is 6.09. The molecule has 4 rings (SSSR count). The molecule has 0 aliphatic rings. The Morgan fingerprint density at radius 2 is 1.14 bits per heavy atom. The van der Waals surface area contributed by atoms with Crippen molar-refractivity contribution < 1.29 is 0 Å². The number of benzene rings is 4. The maximum absolute atomic E-state index is 6.10. The van der Waals surface area contributed by atoms with Crippen LogP contribution in [-0.2, 0) is 0 Å². The fourth-order valence-corrected chi connectivity index (χ4v) is 2.81. The molecule has 0 saturated heterocycles. The Hall–Kier alpha value is -2.45. The van der Waals surface area contributed by atoms with E-state index in [0.29, 0.717) is 11.4 Å². The number of hydrogen-bond donors (Lipinski definition) is 2. The van der Waals surface area contributed by atoms with E-state index in [4.69, 9.17) is 11.5 Å². The first kappa shape index (κ1) is 13.5. The van der Waals surface area contributed by atoms with Crippen LogP contribution in [-0.4, -0.2) is 0 Å². The molecule has 0 atom stereocenters.